The third kappa shape index (κ3) is 3.16. The van der Waals surface area contributed by atoms with E-state index in [1.807, 2.05) is 31.2 Å². The number of rotatable bonds is 0. The number of benzene rings is 2. The summed E-state index contributed by atoms with van der Waals surface area (Å²) < 4.78 is 0. The molecule has 0 amide bonds. The van der Waals surface area contributed by atoms with E-state index in [4.69, 9.17) is 0 Å². The molecule has 0 saturated heterocycles. The number of carbonyl (C=O) groups is 2. The van der Waals surface area contributed by atoms with Crippen LogP contribution in [0.1, 0.15) is 45.5 Å². The summed E-state index contributed by atoms with van der Waals surface area (Å²) in [6, 6.07) is 14.3. The highest BCUT2D eigenvalue weighted by Gasteiger charge is 2.18. The lowest BCUT2D eigenvalue weighted by Gasteiger charge is -2.13. The minimum absolute atomic E-state index is 0.309. The molecule has 0 atom stereocenters. The first-order chi connectivity index (χ1) is 10.6. The number of Topliss-reactive ketones (excluding diaryl/α,β-unsaturated/α-hetero) is 2. The fourth-order valence-corrected chi connectivity index (χ4v) is 3.10. The van der Waals surface area contributed by atoms with Crippen molar-refractivity contribution in [1.29, 1.82) is 0 Å². The maximum absolute atomic E-state index is 11.2. The Bertz CT molecular complexity index is 728. The van der Waals surface area contributed by atoms with Gasteiger partial charge in [0.2, 0.25) is 0 Å². The summed E-state index contributed by atoms with van der Waals surface area (Å²) in [6.45, 7) is 2.02. The number of fused-ring (bicyclic) bond motifs is 2. The van der Waals surface area contributed by atoms with Gasteiger partial charge in [0.1, 0.15) is 5.78 Å². The van der Waals surface area contributed by atoms with Crippen molar-refractivity contribution in [2.45, 2.75) is 39.0 Å². The fraction of sp³-hybridized carbons (Fsp3) is 0.300. The van der Waals surface area contributed by atoms with Crippen molar-refractivity contribution in [2.75, 3.05) is 0 Å². The monoisotopic (exact) mass is 292 g/mol. The van der Waals surface area contributed by atoms with Gasteiger partial charge in [-0.2, -0.15) is 0 Å². The lowest BCUT2D eigenvalue weighted by Crippen LogP contribution is -2.12. The lowest BCUT2D eigenvalue weighted by atomic mass is 9.91. The van der Waals surface area contributed by atoms with E-state index >= 15 is 0 Å². The van der Waals surface area contributed by atoms with Gasteiger partial charge in [-0.3, -0.25) is 9.59 Å². The molecule has 2 nitrogen and oxygen atoms in total. The van der Waals surface area contributed by atoms with Gasteiger partial charge in [-0.25, -0.2) is 0 Å². The molecular formula is C20H20O2. The van der Waals surface area contributed by atoms with Gasteiger partial charge in [-0.15, -0.1) is 0 Å². The zero-order valence-corrected chi connectivity index (χ0v) is 12.9. The second-order valence-electron chi connectivity index (χ2n) is 6.07. The van der Waals surface area contributed by atoms with Gasteiger partial charge >= 0.3 is 0 Å². The quantitative estimate of drug-likeness (QED) is 0.738. The SMILES string of the molecule is Cc1ccc2c(c1)C(=O)CC2.O=C1CCc2ccccc2C1. The van der Waals surface area contributed by atoms with Crippen LogP contribution in [0.2, 0.25) is 0 Å². The first-order valence-electron chi connectivity index (χ1n) is 7.84. The molecule has 0 aromatic heterocycles. The molecule has 0 saturated carbocycles. The van der Waals surface area contributed by atoms with Crippen molar-refractivity contribution in [2.24, 2.45) is 0 Å². The van der Waals surface area contributed by atoms with E-state index < -0.39 is 0 Å². The molecule has 0 radical (unpaired) electrons. The minimum Gasteiger partial charge on any atom is -0.299 e. The number of aryl methyl sites for hydroxylation is 3. The molecular weight excluding hydrogens is 272 g/mol. The van der Waals surface area contributed by atoms with Gasteiger partial charge in [-0.05, 0) is 42.5 Å². The Kier molecular flexibility index (Phi) is 4.19. The molecule has 0 aliphatic heterocycles. The lowest BCUT2D eigenvalue weighted by molar-refractivity contribution is -0.118. The molecule has 22 heavy (non-hydrogen) atoms. The van der Waals surface area contributed by atoms with E-state index in [0.717, 1.165) is 24.8 Å². The molecule has 2 aromatic rings. The standard InChI is InChI=1S/2C10H10O/c1-7-2-3-8-4-5-10(11)9(8)6-7;11-10-6-5-8-3-1-2-4-9(8)7-10/h2-3,6H,4-5H2,1H3;1-4H,5-7H2. The van der Waals surface area contributed by atoms with E-state index in [0.29, 0.717) is 24.4 Å². The van der Waals surface area contributed by atoms with Crippen LogP contribution in [0.25, 0.3) is 0 Å². The van der Waals surface area contributed by atoms with Gasteiger partial charge in [0.05, 0.1) is 0 Å². The van der Waals surface area contributed by atoms with Crippen LogP contribution in [0.3, 0.4) is 0 Å². The normalized spacial score (nSPS) is 15.7. The smallest absolute Gasteiger partial charge is 0.163 e. The largest absolute Gasteiger partial charge is 0.299 e. The maximum Gasteiger partial charge on any atom is 0.163 e. The summed E-state index contributed by atoms with van der Waals surface area (Å²) in [4.78, 5) is 22.2. The fourth-order valence-electron chi connectivity index (χ4n) is 3.10. The number of carbonyl (C=O) groups excluding carboxylic acids is 2. The van der Waals surface area contributed by atoms with E-state index in [-0.39, 0.29) is 0 Å². The Morgan fingerprint density at radius 1 is 0.773 bits per heavy atom. The van der Waals surface area contributed by atoms with E-state index in [1.54, 1.807) is 0 Å². The van der Waals surface area contributed by atoms with Crippen molar-refractivity contribution >= 4 is 11.6 Å². The molecule has 112 valence electrons. The van der Waals surface area contributed by atoms with Crippen molar-refractivity contribution in [3.63, 3.8) is 0 Å². The molecule has 0 unspecified atom stereocenters. The molecule has 0 fully saturated rings. The van der Waals surface area contributed by atoms with Crippen molar-refractivity contribution in [3.05, 3.63) is 70.3 Å². The number of ketones is 2. The highest BCUT2D eigenvalue weighted by molar-refractivity contribution is 6.00. The summed E-state index contributed by atoms with van der Waals surface area (Å²) in [5.41, 5.74) is 5.93. The Labute approximate surface area is 131 Å². The Hall–Kier alpha value is -2.22. The van der Waals surface area contributed by atoms with Crippen LogP contribution >= 0.6 is 0 Å². The van der Waals surface area contributed by atoms with Gasteiger partial charge in [0, 0.05) is 24.8 Å². The molecule has 2 heteroatoms. The zero-order chi connectivity index (χ0) is 15.5. The highest BCUT2D eigenvalue weighted by Crippen LogP contribution is 2.22. The summed E-state index contributed by atoms with van der Waals surface area (Å²) in [5, 5.41) is 0. The molecule has 4 rings (SSSR count). The van der Waals surface area contributed by atoms with Crippen LogP contribution in [0.4, 0.5) is 0 Å². The van der Waals surface area contributed by atoms with E-state index in [9.17, 15) is 9.59 Å². The van der Waals surface area contributed by atoms with Gasteiger partial charge in [0.25, 0.3) is 0 Å². The molecule has 0 heterocycles. The third-order valence-electron chi connectivity index (χ3n) is 4.37. The minimum atomic E-state index is 0.309. The Morgan fingerprint density at radius 2 is 1.50 bits per heavy atom. The topological polar surface area (TPSA) is 34.1 Å². The second-order valence-corrected chi connectivity index (χ2v) is 6.07. The van der Waals surface area contributed by atoms with Crippen molar-refractivity contribution in [1.82, 2.24) is 0 Å². The maximum atomic E-state index is 11.2. The molecule has 0 N–H and O–H groups in total. The highest BCUT2D eigenvalue weighted by atomic mass is 16.1. The van der Waals surface area contributed by atoms with Gasteiger partial charge in [0.15, 0.2) is 5.78 Å². The summed E-state index contributed by atoms with van der Waals surface area (Å²) in [7, 11) is 0. The first-order valence-corrected chi connectivity index (χ1v) is 7.84. The molecule has 2 aromatic carbocycles. The predicted octanol–water partition coefficient (Wildman–Crippen LogP) is 3.87. The number of hydrogen-bond acceptors (Lipinski definition) is 2. The number of hydrogen-bond donors (Lipinski definition) is 0. The van der Waals surface area contributed by atoms with Crippen molar-refractivity contribution in [3.8, 4) is 0 Å². The van der Waals surface area contributed by atoms with Crippen LogP contribution < -0.4 is 0 Å². The molecule has 2 aliphatic rings. The van der Waals surface area contributed by atoms with Crippen LogP contribution in [0, 0.1) is 6.92 Å². The van der Waals surface area contributed by atoms with Gasteiger partial charge in [-0.1, -0.05) is 42.0 Å². The summed E-state index contributed by atoms with van der Waals surface area (Å²) in [5.74, 6) is 0.687. The van der Waals surface area contributed by atoms with E-state index in [1.165, 1.54) is 22.3 Å². The van der Waals surface area contributed by atoms with Gasteiger partial charge < -0.3 is 0 Å². The van der Waals surface area contributed by atoms with E-state index in [2.05, 4.69) is 18.2 Å². The average molecular weight is 292 g/mol. The predicted molar refractivity (Wildman–Crippen MR) is 87.3 cm³/mol. The van der Waals surface area contributed by atoms with Crippen LogP contribution in [-0.2, 0) is 24.1 Å². The second kappa shape index (κ2) is 6.27. The average Bonchev–Trinajstić information content (AvgIpc) is 2.89. The first kappa shape index (κ1) is 14.7. The molecule has 0 spiro atoms. The zero-order valence-electron chi connectivity index (χ0n) is 12.9. The Morgan fingerprint density at radius 3 is 2.32 bits per heavy atom. The van der Waals surface area contributed by atoms with Crippen LogP contribution in [0.5, 0.6) is 0 Å². The molecule has 0 bridgehead atoms. The third-order valence-corrected chi connectivity index (χ3v) is 4.37. The molecule has 2 aliphatic carbocycles. The summed E-state index contributed by atoms with van der Waals surface area (Å²) in [6.07, 6.45) is 3.97. The van der Waals surface area contributed by atoms with Crippen molar-refractivity contribution < 1.29 is 9.59 Å². The van der Waals surface area contributed by atoms with Crippen LogP contribution in [0.15, 0.2) is 42.5 Å². The summed E-state index contributed by atoms with van der Waals surface area (Å²) >= 11 is 0. The van der Waals surface area contributed by atoms with Crippen LogP contribution in [-0.4, -0.2) is 11.6 Å². The Balaban J connectivity index is 0.000000131.